The van der Waals surface area contributed by atoms with Gasteiger partial charge in [-0.25, -0.2) is 0 Å². The van der Waals surface area contributed by atoms with Crippen LogP contribution in [0.2, 0.25) is 0 Å². The molecule has 0 aliphatic carbocycles. The van der Waals surface area contributed by atoms with Gasteiger partial charge < -0.3 is 20.3 Å². The first kappa shape index (κ1) is 16.5. The lowest BCUT2D eigenvalue weighted by Gasteiger charge is -2.27. The molecule has 1 aliphatic heterocycles. The van der Waals surface area contributed by atoms with Gasteiger partial charge >= 0.3 is 0 Å². The van der Waals surface area contributed by atoms with Crippen LogP contribution in [0, 0.1) is 0 Å². The molecule has 1 saturated heterocycles. The van der Waals surface area contributed by atoms with Crippen LogP contribution in [0.1, 0.15) is 9.67 Å². The maximum Gasteiger partial charge on any atom is 0.265 e. The summed E-state index contributed by atoms with van der Waals surface area (Å²) in [5, 5.41) is 7.86. The van der Waals surface area contributed by atoms with Crippen LogP contribution in [0.4, 0.5) is 11.4 Å². The molecule has 0 atom stereocenters. The number of morpholine rings is 1. The van der Waals surface area contributed by atoms with E-state index in [1.54, 1.807) is 11.0 Å². The molecule has 2 amide bonds. The second-order valence-corrected chi connectivity index (χ2v) is 6.27. The number of anilines is 2. The Morgan fingerprint density at radius 3 is 2.54 bits per heavy atom. The van der Waals surface area contributed by atoms with E-state index in [4.69, 9.17) is 4.74 Å². The quantitative estimate of drug-likeness (QED) is 0.872. The number of para-hydroxylation sites is 2. The highest BCUT2D eigenvalue weighted by Crippen LogP contribution is 2.22. The number of benzene rings is 1. The van der Waals surface area contributed by atoms with Crippen molar-refractivity contribution in [1.29, 1.82) is 0 Å². The first-order valence-corrected chi connectivity index (χ1v) is 8.65. The van der Waals surface area contributed by atoms with E-state index in [1.807, 2.05) is 35.7 Å². The molecule has 1 aliphatic rings. The molecular formula is C17H19N3O3S. The van der Waals surface area contributed by atoms with Gasteiger partial charge in [0, 0.05) is 13.1 Å². The molecule has 24 heavy (non-hydrogen) atoms. The standard InChI is InChI=1S/C17H19N3O3S/c21-16(20-7-9-23-10-8-20)12-18-13-4-1-2-5-14(13)19-17(22)15-6-3-11-24-15/h1-6,11,18H,7-10,12H2,(H,19,22). The maximum atomic E-state index is 12.2. The van der Waals surface area contributed by atoms with Gasteiger partial charge in [0.1, 0.15) is 0 Å². The molecule has 0 unspecified atom stereocenters. The lowest BCUT2D eigenvalue weighted by molar-refractivity contribution is -0.133. The summed E-state index contributed by atoms with van der Waals surface area (Å²) in [6.45, 7) is 2.60. The zero-order chi connectivity index (χ0) is 16.8. The number of hydrogen-bond acceptors (Lipinski definition) is 5. The summed E-state index contributed by atoms with van der Waals surface area (Å²) in [6, 6.07) is 11.0. The second kappa shape index (κ2) is 7.94. The first-order valence-electron chi connectivity index (χ1n) is 7.77. The Kier molecular flexibility index (Phi) is 5.45. The van der Waals surface area contributed by atoms with Crippen molar-refractivity contribution in [2.24, 2.45) is 0 Å². The van der Waals surface area contributed by atoms with Crippen LogP contribution in [0.5, 0.6) is 0 Å². The van der Waals surface area contributed by atoms with Gasteiger partial charge in [-0.05, 0) is 23.6 Å². The number of rotatable bonds is 5. The van der Waals surface area contributed by atoms with Crippen LogP contribution >= 0.6 is 11.3 Å². The number of nitrogens with zero attached hydrogens (tertiary/aromatic N) is 1. The van der Waals surface area contributed by atoms with Crippen molar-refractivity contribution >= 4 is 34.5 Å². The van der Waals surface area contributed by atoms with E-state index in [0.717, 1.165) is 5.69 Å². The van der Waals surface area contributed by atoms with E-state index in [0.29, 0.717) is 36.9 Å². The summed E-state index contributed by atoms with van der Waals surface area (Å²) in [7, 11) is 0. The van der Waals surface area contributed by atoms with Crippen LogP contribution in [0.3, 0.4) is 0 Å². The number of carbonyl (C=O) groups excluding carboxylic acids is 2. The Labute approximate surface area is 144 Å². The number of hydrogen-bond donors (Lipinski definition) is 2. The van der Waals surface area contributed by atoms with Crippen molar-refractivity contribution in [3.63, 3.8) is 0 Å². The average Bonchev–Trinajstić information content (AvgIpc) is 3.16. The largest absolute Gasteiger partial charge is 0.378 e. The Hall–Kier alpha value is -2.38. The van der Waals surface area contributed by atoms with Crippen LogP contribution < -0.4 is 10.6 Å². The molecule has 7 heteroatoms. The molecule has 0 saturated carbocycles. The molecular weight excluding hydrogens is 326 g/mol. The molecule has 1 aromatic heterocycles. The molecule has 1 fully saturated rings. The molecule has 0 bridgehead atoms. The van der Waals surface area contributed by atoms with Gasteiger partial charge in [-0.2, -0.15) is 0 Å². The normalized spacial score (nSPS) is 14.2. The Bertz CT molecular complexity index is 697. The molecule has 2 aromatic rings. The molecule has 2 N–H and O–H groups in total. The van der Waals surface area contributed by atoms with Crippen molar-refractivity contribution < 1.29 is 14.3 Å². The van der Waals surface area contributed by atoms with Crippen LogP contribution in [-0.2, 0) is 9.53 Å². The van der Waals surface area contributed by atoms with Crippen molar-refractivity contribution in [1.82, 2.24) is 4.90 Å². The van der Waals surface area contributed by atoms with Crippen molar-refractivity contribution in [2.45, 2.75) is 0 Å². The van der Waals surface area contributed by atoms with Gasteiger partial charge in [-0.3, -0.25) is 9.59 Å². The average molecular weight is 345 g/mol. The SMILES string of the molecule is O=C(Nc1ccccc1NCC(=O)N1CCOCC1)c1cccs1. The fourth-order valence-corrected chi connectivity index (χ4v) is 3.05. The van der Waals surface area contributed by atoms with Crippen molar-refractivity contribution in [3.8, 4) is 0 Å². The van der Waals surface area contributed by atoms with Gasteiger partial charge in [-0.1, -0.05) is 18.2 Å². The minimum Gasteiger partial charge on any atom is -0.378 e. The van der Waals surface area contributed by atoms with E-state index < -0.39 is 0 Å². The molecule has 0 spiro atoms. The monoisotopic (exact) mass is 345 g/mol. The lowest BCUT2D eigenvalue weighted by atomic mass is 10.2. The van der Waals surface area contributed by atoms with Crippen LogP contribution in [-0.4, -0.2) is 49.6 Å². The molecule has 6 nitrogen and oxygen atoms in total. The fraction of sp³-hybridized carbons (Fsp3) is 0.294. The topological polar surface area (TPSA) is 70.7 Å². The summed E-state index contributed by atoms with van der Waals surface area (Å²) < 4.78 is 5.25. The Morgan fingerprint density at radius 2 is 1.83 bits per heavy atom. The summed E-state index contributed by atoms with van der Waals surface area (Å²) in [5.74, 6) is -0.128. The van der Waals surface area contributed by atoms with Gasteiger partial charge in [-0.15, -0.1) is 11.3 Å². The van der Waals surface area contributed by atoms with E-state index in [9.17, 15) is 9.59 Å². The highest BCUT2D eigenvalue weighted by Gasteiger charge is 2.17. The Balaban J connectivity index is 1.61. The Morgan fingerprint density at radius 1 is 1.08 bits per heavy atom. The smallest absolute Gasteiger partial charge is 0.265 e. The minimum absolute atomic E-state index is 0.0256. The molecule has 1 aromatic carbocycles. The van der Waals surface area contributed by atoms with Crippen LogP contribution in [0.25, 0.3) is 0 Å². The molecule has 2 heterocycles. The third kappa shape index (κ3) is 4.12. The zero-order valence-corrected chi connectivity index (χ0v) is 14.0. The maximum absolute atomic E-state index is 12.2. The van der Waals surface area contributed by atoms with Crippen LogP contribution in [0.15, 0.2) is 41.8 Å². The van der Waals surface area contributed by atoms with Crippen molar-refractivity contribution in [2.75, 3.05) is 43.5 Å². The lowest BCUT2D eigenvalue weighted by Crippen LogP contribution is -2.43. The van der Waals surface area contributed by atoms with E-state index in [-0.39, 0.29) is 18.4 Å². The van der Waals surface area contributed by atoms with Gasteiger partial charge in [0.25, 0.3) is 5.91 Å². The number of nitrogens with one attached hydrogen (secondary N) is 2. The highest BCUT2D eigenvalue weighted by molar-refractivity contribution is 7.12. The van der Waals surface area contributed by atoms with E-state index >= 15 is 0 Å². The van der Waals surface area contributed by atoms with Crippen molar-refractivity contribution in [3.05, 3.63) is 46.7 Å². The second-order valence-electron chi connectivity index (χ2n) is 5.32. The number of carbonyl (C=O) groups is 2. The third-order valence-corrected chi connectivity index (χ3v) is 4.58. The number of amides is 2. The fourth-order valence-electron chi connectivity index (χ4n) is 2.43. The predicted molar refractivity (Wildman–Crippen MR) is 94.6 cm³/mol. The minimum atomic E-state index is -0.154. The highest BCUT2D eigenvalue weighted by atomic mass is 32.1. The van der Waals surface area contributed by atoms with Gasteiger partial charge in [0.15, 0.2) is 0 Å². The summed E-state index contributed by atoms with van der Waals surface area (Å²) in [4.78, 5) is 26.8. The molecule has 126 valence electrons. The van der Waals surface area contributed by atoms with E-state index in [1.165, 1.54) is 11.3 Å². The summed E-state index contributed by atoms with van der Waals surface area (Å²) in [5.41, 5.74) is 1.38. The molecule has 3 rings (SSSR count). The first-order chi connectivity index (χ1) is 11.7. The van der Waals surface area contributed by atoms with Gasteiger partial charge in [0.2, 0.25) is 5.91 Å². The number of thiophene rings is 1. The zero-order valence-electron chi connectivity index (χ0n) is 13.2. The number of ether oxygens (including phenoxy) is 1. The molecule has 0 radical (unpaired) electrons. The predicted octanol–water partition coefficient (Wildman–Crippen LogP) is 2.27. The summed E-state index contributed by atoms with van der Waals surface area (Å²) >= 11 is 1.39. The third-order valence-electron chi connectivity index (χ3n) is 3.71. The van der Waals surface area contributed by atoms with E-state index in [2.05, 4.69) is 10.6 Å². The summed E-state index contributed by atoms with van der Waals surface area (Å²) in [6.07, 6.45) is 0. The van der Waals surface area contributed by atoms with Gasteiger partial charge in [0.05, 0.1) is 36.0 Å².